The van der Waals surface area contributed by atoms with Crippen LogP contribution in [0.1, 0.15) is 90.0 Å². The molecule has 5 rings (SSSR count). The molecule has 0 saturated carbocycles. The van der Waals surface area contributed by atoms with Crippen molar-refractivity contribution in [3.63, 3.8) is 0 Å². The van der Waals surface area contributed by atoms with E-state index in [-0.39, 0.29) is 47.9 Å². The fraction of sp³-hybridized carbons (Fsp3) is 0.439. The predicted octanol–water partition coefficient (Wildman–Crippen LogP) is 4.81. The molecule has 3 heterocycles. The highest BCUT2D eigenvalue weighted by atomic mass is 32.2. The van der Waals surface area contributed by atoms with Crippen LogP contribution in [0.3, 0.4) is 0 Å². The number of sulfonamides is 1. The highest BCUT2D eigenvalue weighted by Crippen LogP contribution is 2.48. The van der Waals surface area contributed by atoms with E-state index in [1.54, 1.807) is 24.3 Å². The quantitative estimate of drug-likeness (QED) is 0.0511. The van der Waals surface area contributed by atoms with Crippen LogP contribution in [0.4, 0.5) is 11.4 Å². The molecule has 18 heteroatoms. The van der Waals surface area contributed by atoms with Crippen molar-refractivity contribution in [2.24, 2.45) is 0 Å². The number of H-pyrrole nitrogens is 1. The molecule has 0 saturated heterocycles. The summed E-state index contributed by atoms with van der Waals surface area (Å²) in [6, 6.07) is 8.45. The molecule has 0 unspecified atom stereocenters. The van der Waals surface area contributed by atoms with E-state index in [9.17, 15) is 40.9 Å². The average molecular weight is 854 g/mol. The molecular formula is C41H53N6O10S2+. The summed E-state index contributed by atoms with van der Waals surface area (Å²) in [5.74, 6) is -2.51. The van der Waals surface area contributed by atoms with Crippen LogP contribution in [0.5, 0.6) is 0 Å². The van der Waals surface area contributed by atoms with E-state index in [1.807, 2.05) is 52.8 Å². The fourth-order valence-corrected chi connectivity index (χ4v) is 9.40. The van der Waals surface area contributed by atoms with Gasteiger partial charge in [-0.15, -0.1) is 0 Å². The van der Waals surface area contributed by atoms with E-state index < -0.39 is 49.0 Å². The van der Waals surface area contributed by atoms with Gasteiger partial charge in [0.1, 0.15) is 12.6 Å². The van der Waals surface area contributed by atoms with Gasteiger partial charge in [0.05, 0.1) is 21.5 Å². The number of rotatable bonds is 20. The number of nitrogens with one attached hydrogen (secondary N) is 3. The minimum absolute atomic E-state index is 0.000693. The second-order valence-electron chi connectivity index (χ2n) is 15.7. The van der Waals surface area contributed by atoms with Crippen LogP contribution < -0.4 is 14.9 Å². The molecule has 59 heavy (non-hydrogen) atoms. The number of likely N-dealkylation sites (N-methyl/N-ethyl adjacent to an activating group) is 1. The molecule has 6 N–H and O–H groups in total. The maximum atomic E-state index is 13.2. The molecule has 318 valence electrons. The number of imidazole rings is 1. The number of aromatic amines is 1. The summed E-state index contributed by atoms with van der Waals surface area (Å²) >= 11 is 0. The van der Waals surface area contributed by atoms with Crippen molar-refractivity contribution >= 4 is 55.1 Å². The summed E-state index contributed by atoms with van der Waals surface area (Å²) in [5, 5.41) is 21.1. The Labute approximate surface area is 344 Å². The second kappa shape index (κ2) is 18.0. The summed E-state index contributed by atoms with van der Waals surface area (Å²) in [6.45, 7) is 11.1. The van der Waals surface area contributed by atoms with Gasteiger partial charge in [0.25, 0.3) is 10.1 Å². The number of aliphatic carboxylic acids is 2. The molecule has 3 aromatic rings. The lowest BCUT2D eigenvalue weighted by Gasteiger charge is -2.25. The van der Waals surface area contributed by atoms with Gasteiger partial charge in [-0.25, -0.2) is 22.9 Å². The first-order valence-corrected chi connectivity index (χ1v) is 22.4. The molecule has 1 atom stereocenters. The lowest BCUT2D eigenvalue weighted by atomic mass is 9.81. The lowest BCUT2D eigenvalue weighted by molar-refractivity contribution is -0.438. The van der Waals surface area contributed by atoms with Crippen molar-refractivity contribution in [1.29, 1.82) is 0 Å². The zero-order valence-corrected chi connectivity index (χ0v) is 35.5. The van der Waals surface area contributed by atoms with E-state index in [1.165, 1.54) is 24.7 Å². The molecule has 2 aliphatic heterocycles. The number of benzene rings is 2. The van der Waals surface area contributed by atoms with Crippen molar-refractivity contribution in [1.82, 2.24) is 20.0 Å². The average Bonchev–Trinajstić information content (AvgIpc) is 3.81. The number of unbranched alkanes of at least 4 members (excludes halogenated alkanes) is 2. The zero-order chi connectivity index (χ0) is 43.3. The number of anilines is 1. The minimum Gasteiger partial charge on any atom is -0.481 e. The van der Waals surface area contributed by atoms with Crippen LogP contribution in [0.25, 0.3) is 0 Å². The Kier molecular flexibility index (Phi) is 13.7. The van der Waals surface area contributed by atoms with E-state index in [0.29, 0.717) is 43.6 Å². The number of carboxylic acid groups (broad SMARTS) is 2. The van der Waals surface area contributed by atoms with Crippen molar-refractivity contribution in [2.45, 2.75) is 106 Å². The summed E-state index contributed by atoms with van der Waals surface area (Å²) in [5.41, 5.74) is 4.28. The molecule has 2 aliphatic rings. The number of hydrogen-bond acceptors (Lipinski definition) is 9. The molecule has 1 amide bonds. The Morgan fingerprint density at radius 2 is 1.64 bits per heavy atom. The number of carboxylic acids is 2. The van der Waals surface area contributed by atoms with Crippen LogP contribution in [0.15, 0.2) is 82.6 Å². The van der Waals surface area contributed by atoms with Crippen molar-refractivity contribution in [3.05, 3.63) is 89.7 Å². The molecule has 0 radical (unpaired) electrons. The van der Waals surface area contributed by atoms with Crippen LogP contribution in [0, 0.1) is 0 Å². The smallest absolute Gasteiger partial charge is 0.326 e. The van der Waals surface area contributed by atoms with Gasteiger partial charge >= 0.3 is 11.9 Å². The molecule has 2 aromatic carbocycles. The van der Waals surface area contributed by atoms with Crippen LogP contribution in [-0.2, 0) is 51.8 Å². The molecule has 0 fully saturated rings. The normalized spacial score (nSPS) is 17.1. The number of nitrogens with zero attached hydrogens (tertiary/aromatic N) is 3. The van der Waals surface area contributed by atoms with Gasteiger partial charge in [0.2, 0.25) is 21.6 Å². The predicted molar refractivity (Wildman–Crippen MR) is 221 cm³/mol. The third kappa shape index (κ3) is 10.2. The number of carbonyl (C=O) groups excluding carboxylic acids is 1. The van der Waals surface area contributed by atoms with Crippen LogP contribution in [-0.4, -0.2) is 95.4 Å². The van der Waals surface area contributed by atoms with Crippen molar-refractivity contribution in [2.75, 3.05) is 24.5 Å². The standard InChI is InChI=1S/C41H52N6O10S2/c1-6-46-33-18-16-28(58(53,54)44-20-11-15-38(49)50)23-30(33)40(2,3)35(46)12-10-13-36-41(4,5)31-24-29(59(55,56)57)17-19-34(31)47(36)21-9-7-8-14-37(48)45-32(39(51)52)22-27-25-42-26-43-27/h10,12-13,16-19,23-26,32,44H,6-9,11,14-15,20-22H2,1-5H3,(H4-,42,43,45,48,49,50,51,52,55,56,57)/p+1/t32-/m1/s1. The zero-order valence-electron chi connectivity index (χ0n) is 33.9. The summed E-state index contributed by atoms with van der Waals surface area (Å²) in [6.07, 6.45) is 10.9. The van der Waals surface area contributed by atoms with E-state index in [2.05, 4.69) is 29.5 Å². The number of amides is 1. The van der Waals surface area contributed by atoms with Gasteiger partial charge in [-0.1, -0.05) is 19.9 Å². The second-order valence-corrected chi connectivity index (χ2v) is 18.9. The highest BCUT2D eigenvalue weighted by Gasteiger charge is 2.45. The fourth-order valence-electron chi connectivity index (χ4n) is 7.79. The minimum atomic E-state index is -4.47. The van der Waals surface area contributed by atoms with Gasteiger partial charge in [-0.3, -0.25) is 14.1 Å². The van der Waals surface area contributed by atoms with E-state index >= 15 is 0 Å². The first kappa shape index (κ1) is 44.9. The van der Waals surface area contributed by atoms with Crippen molar-refractivity contribution in [3.8, 4) is 0 Å². The summed E-state index contributed by atoms with van der Waals surface area (Å²) < 4.78 is 65.1. The topological polar surface area (TPSA) is 239 Å². The maximum Gasteiger partial charge on any atom is 0.326 e. The number of aromatic nitrogens is 2. The van der Waals surface area contributed by atoms with Crippen LogP contribution in [0.2, 0.25) is 0 Å². The van der Waals surface area contributed by atoms with E-state index in [0.717, 1.165) is 28.3 Å². The number of fused-ring (bicyclic) bond motifs is 2. The van der Waals surface area contributed by atoms with Gasteiger partial charge in [0.15, 0.2) is 5.71 Å². The van der Waals surface area contributed by atoms with Crippen molar-refractivity contribution < 1.29 is 50.6 Å². The van der Waals surface area contributed by atoms with Gasteiger partial charge in [-0.2, -0.15) is 13.0 Å². The Balaban J connectivity index is 1.36. The highest BCUT2D eigenvalue weighted by molar-refractivity contribution is 7.89. The Bertz CT molecular complexity index is 2400. The summed E-state index contributed by atoms with van der Waals surface area (Å²) in [4.78, 5) is 44.1. The third-order valence-corrected chi connectivity index (χ3v) is 13.2. The molecule has 16 nitrogen and oxygen atoms in total. The SMILES string of the molecule is CCN1C(=CC=CC2=[N+](CCCCCC(=O)N[C@H](Cc3cnc[nH]3)C(=O)O)c3ccc(S(=O)(=O)O)cc3C2(C)C)C(C)(C)c2cc(S(=O)(=O)NCCCC(=O)O)ccc21. The number of carbonyl (C=O) groups is 3. The largest absolute Gasteiger partial charge is 0.481 e. The lowest BCUT2D eigenvalue weighted by Crippen LogP contribution is -2.42. The first-order valence-electron chi connectivity index (χ1n) is 19.5. The molecular weight excluding hydrogens is 801 g/mol. The monoisotopic (exact) mass is 853 g/mol. The van der Waals surface area contributed by atoms with Crippen LogP contribution >= 0.6 is 0 Å². The number of hydrogen-bond donors (Lipinski definition) is 6. The molecule has 0 spiro atoms. The molecule has 0 bridgehead atoms. The maximum absolute atomic E-state index is 13.2. The van der Waals surface area contributed by atoms with E-state index in [4.69, 9.17) is 5.11 Å². The Morgan fingerprint density at radius 3 is 2.29 bits per heavy atom. The molecule has 0 aliphatic carbocycles. The molecule has 1 aromatic heterocycles. The van der Waals surface area contributed by atoms with Gasteiger partial charge < -0.3 is 25.4 Å². The Hall–Kier alpha value is -5.17. The van der Waals surface area contributed by atoms with Gasteiger partial charge in [0, 0.05) is 85.2 Å². The third-order valence-electron chi connectivity index (χ3n) is 10.9. The van der Waals surface area contributed by atoms with Gasteiger partial charge in [-0.05, 0) is 82.0 Å². The first-order chi connectivity index (χ1) is 27.7. The number of allylic oxidation sites excluding steroid dienone is 4. The summed E-state index contributed by atoms with van der Waals surface area (Å²) in [7, 11) is -8.36. The Morgan fingerprint density at radius 1 is 0.932 bits per heavy atom.